The molecule has 1 saturated carbocycles. The summed E-state index contributed by atoms with van der Waals surface area (Å²) in [6, 6.07) is 4.01. The van der Waals surface area contributed by atoms with Crippen molar-refractivity contribution in [3.63, 3.8) is 0 Å². The van der Waals surface area contributed by atoms with E-state index in [-0.39, 0.29) is 36.2 Å². The van der Waals surface area contributed by atoms with Gasteiger partial charge in [-0.05, 0) is 50.8 Å². The first kappa shape index (κ1) is 22.2. The van der Waals surface area contributed by atoms with Gasteiger partial charge in [0.2, 0.25) is 17.8 Å². The molecule has 5 N–H and O–H groups in total. The van der Waals surface area contributed by atoms with Gasteiger partial charge in [0.25, 0.3) is 0 Å². The van der Waals surface area contributed by atoms with E-state index in [1.807, 2.05) is 11.5 Å². The third-order valence-electron chi connectivity index (χ3n) is 5.72. The molecule has 170 valence electrons. The van der Waals surface area contributed by atoms with E-state index in [1.165, 1.54) is 18.2 Å². The maximum absolute atomic E-state index is 14.4. The number of nitrogens with one attached hydrogen (secondary N) is 2. The number of hydrogen-bond acceptors (Lipinski definition) is 7. The van der Waals surface area contributed by atoms with Crippen molar-refractivity contribution in [2.24, 2.45) is 11.7 Å². The van der Waals surface area contributed by atoms with Crippen LogP contribution in [0.1, 0.15) is 38.6 Å². The van der Waals surface area contributed by atoms with Crippen molar-refractivity contribution >= 4 is 46.3 Å². The molecule has 1 amide bonds. The zero-order valence-electron chi connectivity index (χ0n) is 17.6. The lowest BCUT2D eigenvalue weighted by molar-refractivity contribution is -0.122. The molecule has 0 aliphatic heterocycles. The Bertz CT molecular complexity index is 1130. The van der Waals surface area contributed by atoms with Crippen molar-refractivity contribution in [3.8, 4) is 0 Å². The van der Waals surface area contributed by atoms with Crippen LogP contribution in [0.5, 0.6) is 0 Å². The van der Waals surface area contributed by atoms with Crippen LogP contribution in [0.15, 0.2) is 24.4 Å². The van der Waals surface area contributed by atoms with Crippen molar-refractivity contribution in [1.82, 2.24) is 19.5 Å². The summed E-state index contributed by atoms with van der Waals surface area (Å²) < 4.78 is 16.3. The van der Waals surface area contributed by atoms with Gasteiger partial charge >= 0.3 is 0 Å². The first-order valence-corrected chi connectivity index (χ1v) is 10.9. The number of halogens is 2. The number of imidazole rings is 1. The molecular formula is C21H25ClFN7O2. The van der Waals surface area contributed by atoms with Crippen molar-refractivity contribution in [2.45, 2.75) is 44.7 Å². The van der Waals surface area contributed by atoms with Crippen LogP contribution in [0.4, 0.5) is 22.0 Å². The Hall–Kier alpha value is -2.98. The van der Waals surface area contributed by atoms with Crippen LogP contribution in [0.2, 0.25) is 5.02 Å². The highest BCUT2D eigenvalue weighted by Gasteiger charge is 2.29. The van der Waals surface area contributed by atoms with Crippen LogP contribution in [0.25, 0.3) is 11.2 Å². The van der Waals surface area contributed by atoms with Gasteiger partial charge in [0, 0.05) is 23.0 Å². The highest BCUT2D eigenvalue weighted by atomic mass is 35.5. The predicted molar refractivity (Wildman–Crippen MR) is 120 cm³/mol. The molecule has 0 radical (unpaired) electrons. The molecule has 2 aromatic heterocycles. The quantitative estimate of drug-likeness (QED) is 0.424. The van der Waals surface area contributed by atoms with Gasteiger partial charge in [0.05, 0.1) is 18.5 Å². The summed E-state index contributed by atoms with van der Waals surface area (Å²) in [5, 5.41) is 15.8. The van der Waals surface area contributed by atoms with Crippen LogP contribution < -0.4 is 16.4 Å². The smallest absolute Gasteiger partial charge is 0.225 e. The summed E-state index contributed by atoms with van der Waals surface area (Å²) in [6.07, 6.45) is 4.29. The minimum Gasteiger partial charge on any atom is -0.394 e. The Kier molecular flexibility index (Phi) is 6.43. The Labute approximate surface area is 189 Å². The normalized spacial score (nSPS) is 19.6. The second-order valence-electron chi connectivity index (χ2n) is 8.09. The van der Waals surface area contributed by atoms with E-state index in [4.69, 9.17) is 17.3 Å². The van der Waals surface area contributed by atoms with Gasteiger partial charge in [0.1, 0.15) is 11.3 Å². The molecule has 1 aliphatic rings. The van der Waals surface area contributed by atoms with E-state index < -0.39 is 5.82 Å². The fourth-order valence-electron chi connectivity index (χ4n) is 3.99. The molecule has 2 heterocycles. The number of primary amides is 1. The fraction of sp³-hybridized carbons (Fsp3) is 0.429. The SMILES string of the molecule is CC(CO)Nc1ncc2nc(Nc3cc(Cl)ccc3F)n(C3CCC(C(N)=O)CC3)c2n1. The van der Waals surface area contributed by atoms with Gasteiger partial charge in [-0.1, -0.05) is 11.6 Å². The van der Waals surface area contributed by atoms with Crippen LogP contribution in [-0.4, -0.2) is 43.2 Å². The average molecular weight is 462 g/mol. The molecule has 9 nitrogen and oxygen atoms in total. The minimum absolute atomic E-state index is 0.0154. The zero-order chi connectivity index (χ0) is 22.8. The number of rotatable bonds is 7. The van der Waals surface area contributed by atoms with Crippen LogP contribution in [0, 0.1) is 11.7 Å². The number of amides is 1. The summed E-state index contributed by atoms with van der Waals surface area (Å²) in [5.74, 6) is -0.141. The Morgan fingerprint density at radius 2 is 2.09 bits per heavy atom. The van der Waals surface area contributed by atoms with Gasteiger partial charge in [-0.2, -0.15) is 4.98 Å². The standard InChI is InChI=1S/C21H25ClFN7O2/c1-11(10-31)26-20-25-9-17-19(29-20)30(14-5-2-12(3-6-14)18(24)32)21(28-17)27-16-8-13(22)4-7-15(16)23/h4,7-9,11-12,14,31H,2-3,5-6,10H2,1H3,(H2,24,32)(H,27,28)(H,25,26,29). The van der Waals surface area contributed by atoms with Crippen molar-refractivity contribution < 1.29 is 14.3 Å². The first-order valence-electron chi connectivity index (χ1n) is 10.5. The fourth-order valence-corrected chi connectivity index (χ4v) is 4.16. The lowest BCUT2D eigenvalue weighted by atomic mass is 9.85. The lowest BCUT2D eigenvalue weighted by Gasteiger charge is -2.29. The van der Waals surface area contributed by atoms with Crippen molar-refractivity contribution in [2.75, 3.05) is 17.2 Å². The minimum atomic E-state index is -0.462. The molecule has 4 rings (SSSR count). The Morgan fingerprint density at radius 3 is 2.78 bits per heavy atom. The van der Waals surface area contributed by atoms with Crippen LogP contribution >= 0.6 is 11.6 Å². The highest BCUT2D eigenvalue weighted by Crippen LogP contribution is 2.37. The van der Waals surface area contributed by atoms with E-state index in [2.05, 4.69) is 25.6 Å². The van der Waals surface area contributed by atoms with Gasteiger partial charge in [0.15, 0.2) is 5.65 Å². The van der Waals surface area contributed by atoms with Crippen molar-refractivity contribution in [1.29, 1.82) is 0 Å². The average Bonchev–Trinajstić information content (AvgIpc) is 3.13. The number of fused-ring (bicyclic) bond motifs is 1. The molecule has 11 heteroatoms. The molecular weight excluding hydrogens is 437 g/mol. The second-order valence-corrected chi connectivity index (χ2v) is 8.53. The molecule has 1 fully saturated rings. The number of carbonyl (C=O) groups is 1. The largest absolute Gasteiger partial charge is 0.394 e. The van der Waals surface area contributed by atoms with Crippen LogP contribution in [0.3, 0.4) is 0 Å². The number of aromatic nitrogens is 4. The third kappa shape index (κ3) is 4.61. The van der Waals surface area contributed by atoms with Gasteiger partial charge in [-0.25, -0.2) is 14.4 Å². The van der Waals surface area contributed by atoms with E-state index in [0.29, 0.717) is 53.8 Å². The molecule has 0 saturated heterocycles. The number of aliphatic hydroxyl groups excluding tert-OH is 1. The Morgan fingerprint density at radius 1 is 1.34 bits per heavy atom. The maximum Gasteiger partial charge on any atom is 0.225 e. The number of anilines is 3. The van der Waals surface area contributed by atoms with Crippen LogP contribution in [-0.2, 0) is 4.79 Å². The van der Waals surface area contributed by atoms with Crippen molar-refractivity contribution in [3.05, 3.63) is 35.2 Å². The second kappa shape index (κ2) is 9.25. The van der Waals surface area contributed by atoms with E-state index in [0.717, 1.165) is 0 Å². The number of benzene rings is 1. The number of nitrogens with two attached hydrogens (primary N) is 1. The van der Waals surface area contributed by atoms with Gasteiger partial charge in [-0.15, -0.1) is 0 Å². The van der Waals surface area contributed by atoms with E-state index in [9.17, 15) is 14.3 Å². The molecule has 0 spiro atoms. The highest BCUT2D eigenvalue weighted by molar-refractivity contribution is 6.30. The monoisotopic (exact) mass is 461 g/mol. The first-order chi connectivity index (χ1) is 15.4. The van der Waals surface area contributed by atoms with Gasteiger partial charge in [-0.3, -0.25) is 9.36 Å². The van der Waals surface area contributed by atoms with Gasteiger partial charge < -0.3 is 21.5 Å². The summed E-state index contributed by atoms with van der Waals surface area (Å²) >= 11 is 6.05. The molecule has 1 aliphatic carbocycles. The molecule has 1 aromatic carbocycles. The number of hydrogen-bond donors (Lipinski definition) is 4. The summed E-state index contributed by atoms with van der Waals surface area (Å²) in [4.78, 5) is 25.1. The predicted octanol–water partition coefficient (Wildman–Crippen LogP) is 3.37. The molecule has 32 heavy (non-hydrogen) atoms. The summed E-state index contributed by atoms with van der Waals surface area (Å²) in [7, 11) is 0. The topological polar surface area (TPSA) is 131 Å². The summed E-state index contributed by atoms with van der Waals surface area (Å²) in [6.45, 7) is 1.74. The number of nitrogens with zero attached hydrogens (tertiary/aromatic N) is 4. The molecule has 1 unspecified atom stereocenters. The molecule has 0 bridgehead atoms. The Balaban J connectivity index is 1.75. The molecule has 1 atom stereocenters. The lowest BCUT2D eigenvalue weighted by Crippen LogP contribution is -2.29. The third-order valence-corrected chi connectivity index (χ3v) is 5.96. The van der Waals surface area contributed by atoms with E-state index in [1.54, 1.807) is 6.20 Å². The summed E-state index contributed by atoms with van der Waals surface area (Å²) in [5.41, 5.74) is 6.79. The van der Waals surface area contributed by atoms with E-state index >= 15 is 0 Å². The zero-order valence-corrected chi connectivity index (χ0v) is 18.3. The number of carbonyl (C=O) groups excluding carboxylic acids is 1. The molecule has 3 aromatic rings. The number of aliphatic hydroxyl groups is 1. The maximum atomic E-state index is 14.4.